The second-order valence-electron chi connectivity index (χ2n) is 5.79. The maximum atomic E-state index is 12.8. The fourth-order valence-electron chi connectivity index (χ4n) is 1.99. The molecule has 0 radical (unpaired) electrons. The molecule has 2 N–H and O–H groups in total. The first-order chi connectivity index (χ1) is 12.3. The number of rotatable bonds is 6. The van der Waals surface area contributed by atoms with Crippen molar-refractivity contribution < 1.29 is 18.7 Å². The minimum Gasteiger partial charge on any atom is -0.481 e. The maximum Gasteiger partial charge on any atom is 0.279 e. The minimum atomic E-state index is -0.840. The SMILES string of the molecule is Cc1ccc(SCC(=O)NNC(=O)[C@@H](C)Oc2ccc(F)cc2)cc1C. The Hall–Kier alpha value is -2.54. The number of hydrazine groups is 1. The van der Waals surface area contributed by atoms with Crippen molar-refractivity contribution in [1.29, 1.82) is 0 Å². The van der Waals surface area contributed by atoms with E-state index >= 15 is 0 Å². The second-order valence-corrected chi connectivity index (χ2v) is 6.83. The van der Waals surface area contributed by atoms with Gasteiger partial charge in [0.15, 0.2) is 6.10 Å². The highest BCUT2D eigenvalue weighted by Gasteiger charge is 2.15. The maximum absolute atomic E-state index is 12.8. The largest absolute Gasteiger partial charge is 0.481 e. The van der Waals surface area contributed by atoms with Gasteiger partial charge in [0.25, 0.3) is 5.91 Å². The summed E-state index contributed by atoms with van der Waals surface area (Å²) in [5, 5.41) is 0. The Balaban J connectivity index is 1.74. The van der Waals surface area contributed by atoms with Crippen molar-refractivity contribution in [2.45, 2.75) is 31.8 Å². The molecule has 0 saturated heterocycles. The Labute approximate surface area is 156 Å². The van der Waals surface area contributed by atoms with E-state index in [1.54, 1.807) is 0 Å². The topological polar surface area (TPSA) is 67.4 Å². The molecular formula is C19H21FN2O3S. The van der Waals surface area contributed by atoms with Crippen molar-refractivity contribution in [3.63, 3.8) is 0 Å². The van der Waals surface area contributed by atoms with Gasteiger partial charge in [-0.15, -0.1) is 11.8 Å². The summed E-state index contributed by atoms with van der Waals surface area (Å²) < 4.78 is 18.2. The molecule has 0 aromatic heterocycles. The smallest absolute Gasteiger partial charge is 0.279 e. The molecule has 2 amide bonds. The van der Waals surface area contributed by atoms with Crippen molar-refractivity contribution in [3.8, 4) is 5.75 Å². The van der Waals surface area contributed by atoms with Crippen molar-refractivity contribution in [1.82, 2.24) is 10.9 Å². The summed E-state index contributed by atoms with van der Waals surface area (Å²) in [5.74, 6) is -0.668. The van der Waals surface area contributed by atoms with E-state index in [0.717, 1.165) is 10.5 Å². The van der Waals surface area contributed by atoms with Crippen LogP contribution in [0.25, 0.3) is 0 Å². The standard InChI is InChI=1S/C19H21FN2O3S/c1-12-4-9-17(10-13(12)2)26-11-18(23)21-22-19(24)14(3)25-16-7-5-15(20)6-8-16/h4-10,14H,11H2,1-3H3,(H,21,23)(H,22,24)/t14-/m1/s1. The summed E-state index contributed by atoms with van der Waals surface area (Å²) in [6.07, 6.45) is -0.840. The van der Waals surface area contributed by atoms with Gasteiger partial charge in [0, 0.05) is 4.90 Å². The summed E-state index contributed by atoms with van der Waals surface area (Å²) in [7, 11) is 0. The zero-order valence-corrected chi connectivity index (χ0v) is 15.7. The molecule has 2 aromatic carbocycles. The Morgan fingerprint density at radius 1 is 1.08 bits per heavy atom. The van der Waals surface area contributed by atoms with Crippen LogP contribution in [0.4, 0.5) is 4.39 Å². The van der Waals surface area contributed by atoms with Gasteiger partial charge < -0.3 is 4.74 Å². The predicted octanol–water partition coefficient (Wildman–Crippen LogP) is 3.15. The van der Waals surface area contributed by atoms with Crippen LogP contribution >= 0.6 is 11.8 Å². The van der Waals surface area contributed by atoms with Gasteiger partial charge in [0.1, 0.15) is 11.6 Å². The number of aryl methyl sites for hydroxylation is 2. The second kappa shape index (κ2) is 9.24. The molecule has 5 nitrogen and oxygen atoms in total. The lowest BCUT2D eigenvalue weighted by Crippen LogP contribution is -2.47. The van der Waals surface area contributed by atoms with E-state index in [0.29, 0.717) is 5.75 Å². The number of nitrogens with one attached hydrogen (secondary N) is 2. The van der Waals surface area contributed by atoms with Crippen LogP contribution < -0.4 is 15.6 Å². The van der Waals surface area contributed by atoms with E-state index < -0.39 is 12.0 Å². The highest BCUT2D eigenvalue weighted by Crippen LogP contribution is 2.20. The van der Waals surface area contributed by atoms with Crippen LogP contribution in [-0.2, 0) is 9.59 Å². The van der Waals surface area contributed by atoms with E-state index in [1.165, 1.54) is 48.5 Å². The normalized spacial score (nSPS) is 11.5. The van der Waals surface area contributed by atoms with E-state index in [9.17, 15) is 14.0 Å². The molecule has 0 saturated carbocycles. The molecule has 0 aliphatic carbocycles. The molecule has 0 fully saturated rings. The molecule has 26 heavy (non-hydrogen) atoms. The van der Waals surface area contributed by atoms with Gasteiger partial charge in [-0.1, -0.05) is 6.07 Å². The van der Waals surface area contributed by atoms with Crippen molar-refractivity contribution in [3.05, 3.63) is 59.4 Å². The van der Waals surface area contributed by atoms with E-state index in [-0.39, 0.29) is 17.5 Å². The van der Waals surface area contributed by atoms with Gasteiger partial charge in [-0.2, -0.15) is 0 Å². The summed E-state index contributed by atoms with van der Waals surface area (Å²) in [4.78, 5) is 24.8. The van der Waals surface area contributed by atoms with Crippen LogP contribution in [0.5, 0.6) is 5.75 Å². The third-order valence-electron chi connectivity index (χ3n) is 3.67. The minimum absolute atomic E-state index is 0.177. The molecule has 0 unspecified atom stereocenters. The number of carbonyl (C=O) groups is 2. The zero-order valence-electron chi connectivity index (χ0n) is 14.8. The average molecular weight is 376 g/mol. The van der Waals surface area contributed by atoms with Gasteiger partial charge in [-0.3, -0.25) is 20.4 Å². The van der Waals surface area contributed by atoms with Gasteiger partial charge in [0.2, 0.25) is 5.91 Å². The molecule has 1 atom stereocenters. The fourth-order valence-corrected chi connectivity index (χ4v) is 2.79. The van der Waals surface area contributed by atoms with E-state index in [2.05, 4.69) is 10.9 Å². The molecule has 138 valence electrons. The zero-order chi connectivity index (χ0) is 19.1. The Bertz CT molecular complexity index is 781. The molecular weight excluding hydrogens is 355 g/mol. The number of hydrogen-bond donors (Lipinski definition) is 2. The third-order valence-corrected chi connectivity index (χ3v) is 4.66. The van der Waals surface area contributed by atoms with Gasteiger partial charge in [0.05, 0.1) is 5.75 Å². The number of halogens is 1. The molecule has 0 aliphatic rings. The lowest BCUT2D eigenvalue weighted by Gasteiger charge is -2.15. The predicted molar refractivity (Wildman–Crippen MR) is 99.4 cm³/mol. The molecule has 0 heterocycles. The van der Waals surface area contributed by atoms with Crippen molar-refractivity contribution in [2.75, 3.05) is 5.75 Å². The molecule has 0 spiro atoms. The van der Waals surface area contributed by atoms with Gasteiger partial charge in [-0.05, 0) is 68.3 Å². The first kappa shape index (κ1) is 19.8. The average Bonchev–Trinajstić information content (AvgIpc) is 2.62. The van der Waals surface area contributed by atoms with Crippen LogP contribution in [0, 0.1) is 19.7 Å². The van der Waals surface area contributed by atoms with Crippen molar-refractivity contribution in [2.24, 2.45) is 0 Å². The number of ether oxygens (including phenoxy) is 1. The highest BCUT2D eigenvalue weighted by molar-refractivity contribution is 8.00. The number of thioether (sulfide) groups is 1. The third kappa shape index (κ3) is 6.07. The van der Waals surface area contributed by atoms with Crippen molar-refractivity contribution >= 4 is 23.6 Å². The van der Waals surface area contributed by atoms with Crippen LogP contribution in [0.2, 0.25) is 0 Å². The van der Waals surface area contributed by atoms with Gasteiger partial charge >= 0.3 is 0 Å². The molecule has 2 rings (SSSR count). The summed E-state index contributed by atoms with van der Waals surface area (Å²) >= 11 is 1.39. The Kier molecular flexibility index (Phi) is 7.03. The quantitative estimate of drug-likeness (QED) is 0.600. The van der Waals surface area contributed by atoms with Crippen LogP contribution in [-0.4, -0.2) is 23.7 Å². The Morgan fingerprint density at radius 3 is 2.42 bits per heavy atom. The molecule has 7 heteroatoms. The molecule has 0 aliphatic heterocycles. The Morgan fingerprint density at radius 2 is 1.77 bits per heavy atom. The lowest BCUT2D eigenvalue weighted by atomic mass is 10.1. The first-order valence-corrected chi connectivity index (χ1v) is 9.04. The number of carbonyl (C=O) groups excluding carboxylic acids is 2. The summed E-state index contributed by atoms with van der Waals surface area (Å²) in [6.45, 7) is 5.58. The lowest BCUT2D eigenvalue weighted by molar-refractivity contribution is -0.131. The van der Waals surface area contributed by atoms with Crippen LogP contribution in [0.3, 0.4) is 0 Å². The van der Waals surface area contributed by atoms with Crippen LogP contribution in [0.1, 0.15) is 18.1 Å². The summed E-state index contributed by atoms with van der Waals surface area (Å²) in [6, 6.07) is 11.3. The number of benzene rings is 2. The fraction of sp³-hybridized carbons (Fsp3) is 0.263. The summed E-state index contributed by atoms with van der Waals surface area (Å²) in [5.41, 5.74) is 7.03. The highest BCUT2D eigenvalue weighted by atomic mass is 32.2. The van der Waals surface area contributed by atoms with E-state index in [1.807, 2.05) is 32.0 Å². The van der Waals surface area contributed by atoms with Gasteiger partial charge in [-0.25, -0.2) is 4.39 Å². The first-order valence-electron chi connectivity index (χ1n) is 8.06. The molecule has 0 bridgehead atoms. The van der Waals surface area contributed by atoms with E-state index in [4.69, 9.17) is 4.74 Å². The molecule has 2 aromatic rings. The monoisotopic (exact) mass is 376 g/mol. The number of hydrogen-bond acceptors (Lipinski definition) is 4. The van der Waals surface area contributed by atoms with Crippen LogP contribution in [0.15, 0.2) is 47.4 Å². The number of amides is 2.